The van der Waals surface area contributed by atoms with Gasteiger partial charge in [0, 0.05) is 31.2 Å². The smallest absolute Gasteiger partial charge is 0.280 e. The first-order chi connectivity index (χ1) is 11.4. The Morgan fingerprint density at radius 1 is 1.21 bits per heavy atom. The van der Waals surface area contributed by atoms with Crippen LogP contribution in [-0.2, 0) is 10.1 Å². The fourth-order valence-electron chi connectivity index (χ4n) is 2.29. The van der Waals surface area contributed by atoms with Gasteiger partial charge in [-0.3, -0.25) is 9.56 Å². The fraction of sp³-hybridized carbons (Fsp3) is 0.294. The fourth-order valence-corrected chi connectivity index (χ4v) is 3.27. The summed E-state index contributed by atoms with van der Waals surface area (Å²) in [5.74, 6) is 0. The van der Waals surface area contributed by atoms with E-state index in [0.717, 1.165) is 11.3 Å². The van der Waals surface area contributed by atoms with Gasteiger partial charge in [0.05, 0.1) is 11.9 Å². The Balaban J connectivity index is 2.13. The SMILES string of the molecule is CCCC([n+]1ccc(C=NN(C)c2ccccc2)cc1)S(=O)(=O)O. The van der Waals surface area contributed by atoms with Gasteiger partial charge >= 0.3 is 10.1 Å². The molecule has 0 saturated carbocycles. The van der Waals surface area contributed by atoms with Crippen LogP contribution in [0.2, 0.25) is 0 Å². The number of para-hydroxylation sites is 1. The summed E-state index contributed by atoms with van der Waals surface area (Å²) in [5, 5.41) is 5.15. The zero-order chi connectivity index (χ0) is 17.6. The second-order valence-electron chi connectivity index (χ2n) is 5.44. The van der Waals surface area contributed by atoms with Crippen molar-refractivity contribution >= 4 is 22.0 Å². The van der Waals surface area contributed by atoms with Gasteiger partial charge in [-0.2, -0.15) is 18.1 Å². The summed E-state index contributed by atoms with van der Waals surface area (Å²) >= 11 is 0. The van der Waals surface area contributed by atoms with Crippen molar-refractivity contribution in [3.05, 3.63) is 60.4 Å². The van der Waals surface area contributed by atoms with Gasteiger partial charge in [-0.15, -0.1) is 0 Å². The summed E-state index contributed by atoms with van der Waals surface area (Å²) in [4.78, 5) is 0. The van der Waals surface area contributed by atoms with Crippen LogP contribution in [0.4, 0.5) is 5.69 Å². The van der Waals surface area contributed by atoms with Crippen LogP contribution < -0.4 is 9.58 Å². The number of rotatable bonds is 7. The largest absolute Gasteiger partial charge is 0.329 e. The lowest BCUT2D eigenvalue weighted by molar-refractivity contribution is -0.702. The number of benzene rings is 1. The highest BCUT2D eigenvalue weighted by molar-refractivity contribution is 7.85. The monoisotopic (exact) mass is 348 g/mol. The number of hydrogen-bond acceptors (Lipinski definition) is 4. The molecule has 1 N–H and O–H groups in total. The van der Waals surface area contributed by atoms with E-state index in [4.69, 9.17) is 0 Å². The summed E-state index contributed by atoms with van der Waals surface area (Å²) in [6.45, 7) is 1.87. The predicted molar refractivity (Wildman–Crippen MR) is 94.6 cm³/mol. The van der Waals surface area contributed by atoms with E-state index in [0.29, 0.717) is 12.8 Å². The Morgan fingerprint density at radius 2 is 1.83 bits per heavy atom. The third kappa shape index (κ3) is 4.87. The van der Waals surface area contributed by atoms with Gasteiger partial charge in [-0.1, -0.05) is 25.1 Å². The molecule has 24 heavy (non-hydrogen) atoms. The minimum Gasteiger partial charge on any atom is -0.280 e. The van der Waals surface area contributed by atoms with E-state index < -0.39 is 15.5 Å². The zero-order valence-electron chi connectivity index (χ0n) is 13.8. The molecule has 0 aliphatic rings. The molecule has 1 aromatic carbocycles. The number of hydrazone groups is 1. The molecule has 1 aromatic heterocycles. The molecule has 0 amide bonds. The van der Waals surface area contributed by atoms with E-state index in [-0.39, 0.29) is 0 Å². The molecule has 1 atom stereocenters. The van der Waals surface area contributed by atoms with Crippen LogP contribution in [0.25, 0.3) is 0 Å². The maximum Gasteiger partial charge on any atom is 0.329 e. The molecule has 0 bridgehead atoms. The predicted octanol–water partition coefficient (Wildman–Crippen LogP) is 2.63. The van der Waals surface area contributed by atoms with Crippen LogP contribution in [0, 0.1) is 0 Å². The van der Waals surface area contributed by atoms with Gasteiger partial charge in [0.15, 0.2) is 12.4 Å². The zero-order valence-corrected chi connectivity index (χ0v) is 14.6. The molecule has 0 fully saturated rings. The minimum absolute atomic E-state index is 0.355. The second-order valence-corrected chi connectivity index (χ2v) is 7.01. The van der Waals surface area contributed by atoms with Crippen molar-refractivity contribution in [3.8, 4) is 0 Å². The van der Waals surface area contributed by atoms with Gasteiger partial charge < -0.3 is 0 Å². The summed E-state index contributed by atoms with van der Waals surface area (Å²) in [6, 6.07) is 13.3. The van der Waals surface area contributed by atoms with Crippen LogP contribution in [-0.4, -0.2) is 26.2 Å². The molecule has 6 nitrogen and oxygen atoms in total. The van der Waals surface area contributed by atoms with Crippen LogP contribution in [0.3, 0.4) is 0 Å². The molecule has 0 aliphatic heterocycles. The van der Waals surface area contributed by atoms with Gasteiger partial charge in [-0.05, 0) is 18.6 Å². The average Bonchev–Trinajstić information content (AvgIpc) is 2.58. The number of hydrogen-bond donors (Lipinski definition) is 1. The Bertz CT molecular complexity index is 774. The summed E-state index contributed by atoms with van der Waals surface area (Å²) in [6.07, 6.45) is 5.98. The molecular weight excluding hydrogens is 326 g/mol. The molecule has 0 spiro atoms. The molecule has 2 rings (SSSR count). The second kappa shape index (κ2) is 8.03. The van der Waals surface area contributed by atoms with E-state index in [1.54, 1.807) is 35.7 Å². The maximum absolute atomic E-state index is 11.5. The van der Waals surface area contributed by atoms with Crippen LogP contribution in [0.15, 0.2) is 60.0 Å². The third-order valence-electron chi connectivity index (χ3n) is 3.60. The van der Waals surface area contributed by atoms with Gasteiger partial charge in [-0.25, -0.2) is 0 Å². The Morgan fingerprint density at radius 3 is 2.38 bits per heavy atom. The van der Waals surface area contributed by atoms with Crippen molar-refractivity contribution in [1.82, 2.24) is 0 Å². The van der Waals surface area contributed by atoms with E-state index in [1.807, 2.05) is 44.3 Å². The summed E-state index contributed by atoms with van der Waals surface area (Å²) < 4.78 is 33.8. The van der Waals surface area contributed by atoms with Gasteiger partial charge in [0.1, 0.15) is 0 Å². The standard InChI is InChI=1S/C17H21N3O3S/c1-3-7-17(24(21,22)23)20-12-10-15(11-13-20)14-18-19(2)16-8-5-4-6-9-16/h4-6,8-14,17H,3,7H2,1-2H3/p+1. The van der Waals surface area contributed by atoms with Crippen LogP contribution in [0.5, 0.6) is 0 Å². The first-order valence-corrected chi connectivity index (χ1v) is 9.22. The van der Waals surface area contributed by atoms with Crippen molar-refractivity contribution in [3.63, 3.8) is 0 Å². The van der Waals surface area contributed by atoms with Gasteiger partial charge in [0.2, 0.25) is 0 Å². The number of aromatic nitrogens is 1. The highest BCUT2D eigenvalue weighted by Gasteiger charge is 2.30. The maximum atomic E-state index is 11.5. The molecule has 1 unspecified atom stereocenters. The lowest BCUT2D eigenvalue weighted by Gasteiger charge is -2.12. The molecule has 128 valence electrons. The lowest BCUT2D eigenvalue weighted by Crippen LogP contribution is -2.43. The first kappa shape index (κ1) is 18.1. The normalized spacial score (nSPS) is 13.1. The van der Waals surface area contributed by atoms with E-state index in [9.17, 15) is 13.0 Å². The number of pyridine rings is 1. The quantitative estimate of drug-likeness (QED) is 0.361. The lowest BCUT2D eigenvalue weighted by atomic mass is 10.3. The molecule has 7 heteroatoms. The van der Waals surface area contributed by atoms with Gasteiger partial charge in [0.25, 0.3) is 5.37 Å². The van der Waals surface area contributed by atoms with Crippen molar-refractivity contribution in [2.24, 2.45) is 5.10 Å². The molecular formula is C17H22N3O3S+. The molecule has 0 saturated heterocycles. The number of nitrogens with zero attached hydrogens (tertiary/aromatic N) is 3. The summed E-state index contributed by atoms with van der Waals surface area (Å²) in [7, 11) is -2.28. The highest BCUT2D eigenvalue weighted by Crippen LogP contribution is 2.13. The molecule has 0 aliphatic carbocycles. The van der Waals surface area contributed by atoms with Crippen molar-refractivity contribution in [1.29, 1.82) is 0 Å². The van der Waals surface area contributed by atoms with Crippen LogP contribution >= 0.6 is 0 Å². The van der Waals surface area contributed by atoms with E-state index in [1.165, 1.54) is 4.57 Å². The molecule has 0 radical (unpaired) electrons. The Hall–Kier alpha value is -2.25. The van der Waals surface area contributed by atoms with E-state index >= 15 is 0 Å². The first-order valence-electron chi connectivity index (χ1n) is 7.71. The minimum atomic E-state index is -4.13. The van der Waals surface area contributed by atoms with Crippen molar-refractivity contribution in [2.45, 2.75) is 25.1 Å². The Kier molecular flexibility index (Phi) is 6.05. The topological polar surface area (TPSA) is 73.8 Å². The van der Waals surface area contributed by atoms with Crippen LogP contribution in [0.1, 0.15) is 30.7 Å². The number of anilines is 1. The average molecular weight is 348 g/mol. The molecule has 2 aromatic rings. The Labute approximate surface area is 142 Å². The highest BCUT2D eigenvalue weighted by atomic mass is 32.2. The van der Waals surface area contributed by atoms with Crippen molar-refractivity contribution in [2.75, 3.05) is 12.1 Å². The van der Waals surface area contributed by atoms with Crippen molar-refractivity contribution < 1.29 is 17.5 Å². The van der Waals surface area contributed by atoms with E-state index in [2.05, 4.69) is 5.10 Å². The summed E-state index contributed by atoms with van der Waals surface area (Å²) in [5.41, 5.74) is 1.80. The third-order valence-corrected chi connectivity index (χ3v) is 4.77. The molecule has 1 heterocycles.